The third-order valence-corrected chi connectivity index (χ3v) is 6.14. The van der Waals surface area contributed by atoms with Crippen molar-refractivity contribution in [3.8, 4) is 16.6 Å². The van der Waals surface area contributed by atoms with Crippen LogP contribution in [0.25, 0.3) is 10.6 Å². The van der Waals surface area contributed by atoms with Gasteiger partial charge in [0.05, 0.1) is 21.6 Å². The standard InChI is InChI=1S/C21H21N5S/c1-14-9-10-23-20(11-14)26-19-4-2-3-17(25-19)18-13-24-21(27-18)16-7-5-15(12-22)6-8-16/h2-4,9-11,13,15-16H,5-8H2,1H3,(H,23,25,26)/t15-,16+. The maximum absolute atomic E-state index is 9.07. The molecular weight excluding hydrogens is 354 g/mol. The Hall–Kier alpha value is -2.78. The lowest BCUT2D eigenvalue weighted by Crippen LogP contribution is -2.11. The summed E-state index contributed by atoms with van der Waals surface area (Å²) in [6.45, 7) is 2.04. The molecule has 3 heterocycles. The molecule has 4 rings (SSSR count). The highest BCUT2D eigenvalue weighted by Gasteiger charge is 2.24. The van der Waals surface area contributed by atoms with Gasteiger partial charge in [0.1, 0.15) is 11.6 Å². The molecule has 0 bridgehead atoms. The van der Waals surface area contributed by atoms with Crippen molar-refractivity contribution in [1.82, 2.24) is 15.0 Å². The van der Waals surface area contributed by atoms with Crippen molar-refractivity contribution in [2.24, 2.45) is 5.92 Å². The van der Waals surface area contributed by atoms with Crippen LogP contribution in [0.1, 0.15) is 42.2 Å². The van der Waals surface area contributed by atoms with Gasteiger partial charge in [-0.3, -0.25) is 0 Å². The van der Waals surface area contributed by atoms with Gasteiger partial charge in [-0.15, -0.1) is 11.3 Å². The van der Waals surface area contributed by atoms with E-state index in [0.29, 0.717) is 5.92 Å². The van der Waals surface area contributed by atoms with Gasteiger partial charge < -0.3 is 5.32 Å². The zero-order valence-corrected chi connectivity index (χ0v) is 16.0. The average Bonchev–Trinajstić information content (AvgIpc) is 3.19. The molecule has 0 saturated heterocycles. The summed E-state index contributed by atoms with van der Waals surface area (Å²) in [7, 11) is 0. The van der Waals surface area contributed by atoms with Crippen LogP contribution >= 0.6 is 11.3 Å². The first-order valence-electron chi connectivity index (χ1n) is 9.24. The fourth-order valence-corrected chi connectivity index (χ4v) is 4.50. The van der Waals surface area contributed by atoms with Crippen molar-refractivity contribution in [3.63, 3.8) is 0 Å². The Balaban J connectivity index is 1.49. The van der Waals surface area contributed by atoms with Gasteiger partial charge in [-0.25, -0.2) is 15.0 Å². The second kappa shape index (κ2) is 7.85. The summed E-state index contributed by atoms with van der Waals surface area (Å²) in [5.74, 6) is 2.26. The first-order chi connectivity index (χ1) is 13.2. The summed E-state index contributed by atoms with van der Waals surface area (Å²) in [4.78, 5) is 14.8. The summed E-state index contributed by atoms with van der Waals surface area (Å²) in [5.41, 5.74) is 2.07. The Morgan fingerprint density at radius 1 is 1.11 bits per heavy atom. The van der Waals surface area contributed by atoms with E-state index in [4.69, 9.17) is 10.2 Å². The number of aryl methyl sites for hydroxylation is 1. The molecule has 5 nitrogen and oxygen atoms in total. The minimum Gasteiger partial charge on any atom is -0.325 e. The molecule has 3 aromatic heterocycles. The number of hydrogen-bond donors (Lipinski definition) is 1. The molecule has 3 aromatic rings. The summed E-state index contributed by atoms with van der Waals surface area (Å²) < 4.78 is 0. The van der Waals surface area contributed by atoms with Crippen molar-refractivity contribution in [2.75, 3.05) is 5.32 Å². The monoisotopic (exact) mass is 375 g/mol. The summed E-state index contributed by atoms with van der Waals surface area (Å²) in [5, 5.41) is 13.5. The summed E-state index contributed by atoms with van der Waals surface area (Å²) in [6, 6.07) is 12.3. The topological polar surface area (TPSA) is 74.5 Å². The quantitative estimate of drug-likeness (QED) is 0.656. The minimum absolute atomic E-state index is 0.223. The molecule has 27 heavy (non-hydrogen) atoms. The van der Waals surface area contributed by atoms with Gasteiger partial charge in [-0.05, 0) is 62.4 Å². The molecule has 1 N–H and O–H groups in total. The molecule has 0 spiro atoms. The second-order valence-corrected chi connectivity index (χ2v) is 8.05. The predicted molar refractivity (Wildman–Crippen MR) is 108 cm³/mol. The zero-order chi connectivity index (χ0) is 18.6. The van der Waals surface area contributed by atoms with Crippen molar-refractivity contribution in [3.05, 3.63) is 53.3 Å². The Bertz CT molecular complexity index is 966. The van der Waals surface area contributed by atoms with Crippen molar-refractivity contribution >= 4 is 23.0 Å². The molecule has 136 valence electrons. The normalized spacial score (nSPS) is 19.4. The van der Waals surface area contributed by atoms with Gasteiger partial charge in [0, 0.05) is 24.2 Å². The van der Waals surface area contributed by atoms with E-state index in [-0.39, 0.29) is 5.92 Å². The van der Waals surface area contributed by atoms with E-state index in [1.165, 1.54) is 5.01 Å². The summed E-state index contributed by atoms with van der Waals surface area (Å²) in [6.07, 6.45) is 7.79. The minimum atomic E-state index is 0.223. The highest BCUT2D eigenvalue weighted by molar-refractivity contribution is 7.15. The highest BCUT2D eigenvalue weighted by Crippen LogP contribution is 2.39. The van der Waals surface area contributed by atoms with E-state index in [9.17, 15) is 0 Å². The molecule has 1 saturated carbocycles. The van der Waals surface area contributed by atoms with Crippen molar-refractivity contribution in [2.45, 2.75) is 38.5 Å². The van der Waals surface area contributed by atoms with E-state index >= 15 is 0 Å². The zero-order valence-electron chi connectivity index (χ0n) is 15.2. The smallest absolute Gasteiger partial charge is 0.132 e. The van der Waals surface area contributed by atoms with Crippen LogP contribution in [-0.2, 0) is 0 Å². The first-order valence-corrected chi connectivity index (χ1v) is 10.1. The molecule has 6 heteroatoms. The second-order valence-electron chi connectivity index (χ2n) is 6.99. The number of nitriles is 1. The molecule has 1 aliphatic rings. The largest absolute Gasteiger partial charge is 0.325 e. The Labute approximate surface area is 163 Å². The fraction of sp³-hybridized carbons (Fsp3) is 0.333. The number of aromatic nitrogens is 3. The number of pyridine rings is 2. The summed E-state index contributed by atoms with van der Waals surface area (Å²) >= 11 is 1.72. The van der Waals surface area contributed by atoms with E-state index in [1.54, 1.807) is 17.5 Å². The van der Waals surface area contributed by atoms with Crippen LogP contribution in [0.5, 0.6) is 0 Å². The molecule has 0 radical (unpaired) electrons. The molecule has 1 fully saturated rings. The van der Waals surface area contributed by atoms with Crippen molar-refractivity contribution in [1.29, 1.82) is 5.26 Å². The molecule has 0 aromatic carbocycles. The van der Waals surface area contributed by atoms with Gasteiger partial charge in [0.15, 0.2) is 0 Å². The number of rotatable bonds is 4. The number of nitrogens with one attached hydrogen (secondary N) is 1. The van der Waals surface area contributed by atoms with Crippen LogP contribution in [0, 0.1) is 24.2 Å². The Morgan fingerprint density at radius 2 is 1.96 bits per heavy atom. The van der Waals surface area contributed by atoms with Crippen LogP contribution < -0.4 is 5.32 Å². The number of hydrogen-bond acceptors (Lipinski definition) is 6. The van der Waals surface area contributed by atoms with Gasteiger partial charge in [-0.1, -0.05) is 6.07 Å². The number of thiazole rings is 1. The molecule has 1 aliphatic carbocycles. The molecular formula is C21H21N5S. The van der Waals surface area contributed by atoms with Gasteiger partial charge >= 0.3 is 0 Å². The first kappa shape index (κ1) is 17.6. The van der Waals surface area contributed by atoms with E-state index < -0.39 is 0 Å². The van der Waals surface area contributed by atoms with E-state index in [2.05, 4.69) is 21.4 Å². The van der Waals surface area contributed by atoms with Crippen LogP contribution in [0.2, 0.25) is 0 Å². The lowest BCUT2D eigenvalue weighted by atomic mass is 9.83. The van der Waals surface area contributed by atoms with Crippen LogP contribution in [0.4, 0.5) is 11.6 Å². The van der Waals surface area contributed by atoms with Crippen LogP contribution in [0.3, 0.4) is 0 Å². The Morgan fingerprint density at radius 3 is 2.74 bits per heavy atom. The fourth-order valence-electron chi connectivity index (χ4n) is 3.44. The van der Waals surface area contributed by atoms with Gasteiger partial charge in [0.2, 0.25) is 0 Å². The molecule has 0 atom stereocenters. The highest BCUT2D eigenvalue weighted by atomic mass is 32.1. The predicted octanol–water partition coefficient (Wildman–Crippen LogP) is 5.45. The average molecular weight is 376 g/mol. The molecule has 0 unspecified atom stereocenters. The molecule has 0 aliphatic heterocycles. The number of anilines is 2. The van der Waals surface area contributed by atoms with E-state index in [1.807, 2.05) is 43.5 Å². The van der Waals surface area contributed by atoms with Gasteiger partial charge in [0.25, 0.3) is 0 Å². The third-order valence-electron chi connectivity index (χ3n) is 4.96. The van der Waals surface area contributed by atoms with Crippen LogP contribution in [-0.4, -0.2) is 15.0 Å². The van der Waals surface area contributed by atoms with E-state index in [0.717, 1.165) is 53.5 Å². The van der Waals surface area contributed by atoms with Crippen LogP contribution in [0.15, 0.2) is 42.7 Å². The lowest BCUT2D eigenvalue weighted by Gasteiger charge is -2.22. The van der Waals surface area contributed by atoms with Crippen molar-refractivity contribution < 1.29 is 0 Å². The number of nitrogens with zero attached hydrogens (tertiary/aromatic N) is 4. The van der Waals surface area contributed by atoms with Gasteiger partial charge in [-0.2, -0.15) is 5.26 Å². The maximum Gasteiger partial charge on any atom is 0.132 e. The Kier molecular flexibility index (Phi) is 5.12. The maximum atomic E-state index is 9.07. The lowest BCUT2D eigenvalue weighted by molar-refractivity contribution is 0.381. The SMILES string of the molecule is Cc1ccnc(Nc2cccc(-c3cnc([C@H]4CC[C@@H](C#N)CC4)s3)n2)c1. The molecule has 0 amide bonds. The third kappa shape index (κ3) is 4.15.